The average molecular weight is 636 g/mol. The monoisotopic (exact) mass is 635 g/mol. The number of allylic oxidation sites excluding steroid dienone is 10. The molecule has 1 aromatic rings. The lowest BCUT2D eigenvalue weighted by Gasteiger charge is -2.23. The van der Waals surface area contributed by atoms with Crippen LogP contribution in [0.5, 0.6) is 0 Å². The first-order valence-electron chi connectivity index (χ1n) is 15.8. The highest BCUT2D eigenvalue weighted by Gasteiger charge is 2.43. The lowest BCUT2D eigenvalue weighted by atomic mass is 9.92. The first-order valence-corrected chi connectivity index (χ1v) is 18.3. The van der Waals surface area contributed by atoms with Gasteiger partial charge in [0.1, 0.15) is 5.78 Å². The maximum atomic E-state index is 12.5. The Balaban J connectivity index is 1.40. The molecule has 5 nitrogen and oxygen atoms in total. The first-order chi connectivity index (χ1) is 21.5. The highest BCUT2D eigenvalue weighted by Crippen LogP contribution is 2.34. The maximum Gasteiger partial charge on any atom is 0.286 e. The molecule has 238 valence electrons. The Morgan fingerprint density at radius 2 is 1.36 bits per heavy atom. The molecule has 1 aromatic carbocycles. The van der Waals surface area contributed by atoms with Crippen LogP contribution >= 0.6 is 21.6 Å². The van der Waals surface area contributed by atoms with Gasteiger partial charge in [-0.15, -0.1) is 0 Å². The molecular formula is C37H49NO4S2. The molecule has 1 heterocycles. The number of Topliss-reactive ketones (excluding diaryl/α,β-unsaturated/α-hetero) is 1. The second-order valence-corrected chi connectivity index (χ2v) is 13.2. The second-order valence-electron chi connectivity index (χ2n) is 10.5. The summed E-state index contributed by atoms with van der Waals surface area (Å²) in [4.78, 5) is 37.1. The Labute approximate surface area is 272 Å². The summed E-state index contributed by atoms with van der Waals surface area (Å²) in [6, 6.07) is 9.20. The summed E-state index contributed by atoms with van der Waals surface area (Å²) in [7, 11) is 3.38. The lowest BCUT2D eigenvalue weighted by molar-refractivity contribution is -0.132. The topological polar surface area (TPSA) is 72.5 Å². The summed E-state index contributed by atoms with van der Waals surface area (Å²) in [6.07, 6.45) is 32.2. The quantitative estimate of drug-likeness (QED) is 0.0735. The zero-order valence-electron chi connectivity index (χ0n) is 26.4. The number of ether oxygens (including phenoxy) is 1. The molecule has 0 spiro atoms. The molecule has 0 saturated carbocycles. The van der Waals surface area contributed by atoms with Crippen molar-refractivity contribution in [3.8, 4) is 0 Å². The predicted octanol–water partition coefficient (Wildman–Crippen LogP) is 9.15. The van der Waals surface area contributed by atoms with Crippen LogP contribution < -0.4 is 5.32 Å². The smallest absolute Gasteiger partial charge is 0.286 e. The van der Waals surface area contributed by atoms with E-state index in [0.717, 1.165) is 68.4 Å². The van der Waals surface area contributed by atoms with Crippen LogP contribution in [0.2, 0.25) is 0 Å². The zero-order chi connectivity index (χ0) is 31.7. The third-order valence-corrected chi connectivity index (χ3v) is 9.31. The number of unbranched alkanes of at least 4 members (excludes halogenated alkanes) is 1. The summed E-state index contributed by atoms with van der Waals surface area (Å²) >= 11 is 0. The van der Waals surface area contributed by atoms with Crippen LogP contribution in [-0.2, 0) is 24.7 Å². The number of hydrogen-bond acceptors (Lipinski definition) is 6. The van der Waals surface area contributed by atoms with Crippen LogP contribution in [-0.4, -0.2) is 35.5 Å². The van der Waals surface area contributed by atoms with Gasteiger partial charge in [0.2, 0.25) is 5.78 Å². The van der Waals surface area contributed by atoms with E-state index < -0.39 is 5.60 Å². The van der Waals surface area contributed by atoms with Crippen molar-refractivity contribution in [3.05, 3.63) is 108 Å². The van der Waals surface area contributed by atoms with E-state index in [4.69, 9.17) is 4.74 Å². The number of ketones is 2. The lowest BCUT2D eigenvalue weighted by Crippen LogP contribution is -2.32. The van der Waals surface area contributed by atoms with Gasteiger partial charge >= 0.3 is 0 Å². The fourth-order valence-electron chi connectivity index (χ4n) is 4.28. The van der Waals surface area contributed by atoms with Gasteiger partial charge in [0, 0.05) is 42.5 Å². The third kappa shape index (κ3) is 15.6. The van der Waals surface area contributed by atoms with E-state index in [1.54, 1.807) is 28.5 Å². The van der Waals surface area contributed by atoms with E-state index in [-0.39, 0.29) is 17.4 Å². The van der Waals surface area contributed by atoms with Crippen LogP contribution in [0, 0.1) is 0 Å². The molecule has 1 aliphatic rings. The summed E-state index contributed by atoms with van der Waals surface area (Å²) in [5.74, 6) is 1.41. The minimum Gasteiger partial charge on any atom is -0.469 e. The average Bonchev–Trinajstić information content (AvgIpc) is 3.35. The summed E-state index contributed by atoms with van der Waals surface area (Å²) in [6.45, 7) is 4.31. The molecule has 1 atom stereocenters. The number of benzene rings is 1. The van der Waals surface area contributed by atoms with Crippen LogP contribution in [0.3, 0.4) is 0 Å². The van der Waals surface area contributed by atoms with Crippen LogP contribution in [0.15, 0.2) is 103 Å². The van der Waals surface area contributed by atoms with Gasteiger partial charge in [0.05, 0.1) is 0 Å². The van der Waals surface area contributed by atoms with E-state index in [0.29, 0.717) is 25.2 Å². The molecule has 0 bridgehead atoms. The molecule has 0 saturated heterocycles. The van der Waals surface area contributed by atoms with Crippen LogP contribution in [0.1, 0.15) is 83.6 Å². The third-order valence-electron chi connectivity index (χ3n) is 6.82. The van der Waals surface area contributed by atoms with E-state index >= 15 is 0 Å². The SMILES string of the molecule is CC/C=C\C/C=C\C/C=C\C/C=C\C/C=C\CCCC(=O)CCCSSCCNC(=O)C1=CC(=O)C(C)(c2ccccc2)O1. The summed E-state index contributed by atoms with van der Waals surface area (Å²) in [5, 5.41) is 2.82. The van der Waals surface area contributed by atoms with Crippen molar-refractivity contribution in [2.45, 2.75) is 83.7 Å². The van der Waals surface area contributed by atoms with Crippen LogP contribution in [0.25, 0.3) is 0 Å². The number of carbonyl (C=O) groups excluding carboxylic acids is 3. The Bertz CT molecular complexity index is 1180. The van der Waals surface area contributed by atoms with E-state index in [9.17, 15) is 14.4 Å². The molecule has 1 N–H and O–H groups in total. The van der Waals surface area contributed by atoms with Gasteiger partial charge in [0.15, 0.2) is 11.4 Å². The van der Waals surface area contributed by atoms with E-state index in [1.807, 2.05) is 30.3 Å². The Kier molecular flexibility index (Phi) is 19.7. The van der Waals surface area contributed by atoms with Gasteiger partial charge < -0.3 is 10.1 Å². The number of amides is 1. The zero-order valence-corrected chi connectivity index (χ0v) is 28.0. The highest BCUT2D eigenvalue weighted by molar-refractivity contribution is 8.76. The minimum atomic E-state index is -1.16. The summed E-state index contributed by atoms with van der Waals surface area (Å²) in [5.41, 5.74) is -0.439. The van der Waals surface area contributed by atoms with Crippen molar-refractivity contribution < 1.29 is 19.1 Å². The van der Waals surface area contributed by atoms with Gasteiger partial charge in [0.25, 0.3) is 5.91 Å². The summed E-state index contributed by atoms with van der Waals surface area (Å²) < 4.78 is 5.77. The molecule has 2 rings (SSSR count). The molecular weight excluding hydrogens is 587 g/mol. The van der Waals surface area contributed by atoms with Gasteiger partial charge in [-0.05, 0) is 58.3 Å². The van der Waals surface area contributed by atoms with Gasteiger partial charge in [-0.2, -0.15) is 0 Å². The number of nitrogens with one attached hydrogen (secondary N) is 1. The molecule has 1 unspecified atom stereocenters. The minimum absolute atomic E-state index is 0.0545. The van der Waals surface area contributed by atoms with Crippen molar-refractivity contribution in [2.24, 2.45) is 0 Å². The van der Waals surface area contributed by atoms with E-state index in [1.165, 1.54) is 6.08 Å². The Morgan fingerprint density at radius 3 is 2.00 bits per heavy atom. The van der Waals surface area contributed by atoms with Crippen molar-refractivity contribution in [3.63, 3.8) is 0 Å². The molecule has 0 aromatic heterocycles. The number of rotatable bonds is 23. The largest absolute Gasteiger partial charge is 0.469 e. The van der Waals surface area contributed by atoms with Crippen molar-refractivity contribution >= 4 is 39.1 Å². The highest BCUT2D eigenvalue weighted by atomic mass is 33.1. The van der Waals surface area contributed by atoms with Crippen LogP contribution in [0.4, 0.5) is 0 Å². The predicted molar refractivity (Wildman–Crippen MR) is 188 cm³/mol. The van der Waals surface area contributed by atoms with E-state index in [2.05, 4.69) is 73.0 Å². The fourth-order valence-corrected chi connectivity index (χ4v) is 6.27. The molecule has 1 aliphatic heterocycles. The Hall–Kier alpha value is -3.03. The van der Waals surface area contributed by atoms with Crippen molar-refractivity contribution in [1.82, 2.24) is 5.32 Å². The standard InChI is InChI=1S/C37H49NO4S2/c1-3-4-5-6-7-8-9-10-11-12-13-14-15-16-17-18-22-26-33(39)27-23-29-43-44-30-28-38-36(41)34-31-35(40)37(2,42-34)32-24-20-19-21-25-32/h4-5,7-8,10-11,13-14,16-17,19-21,24-25,31H,3,6,9,12,15,18,22-23,26-30H2,1-2H3,(H,38,41)/b5-4-,8-7-,11-10-,14-13-,17-16-. The van der Waals surface area contributed by atoms with Crippen molar-refractivity contribution in [1.29, 1.82) is 0 Å². The van der Waals surface area contributed by atoms with Gasteiger partial charge in [-0.25, -0.2) is 0 Å². The molecule has 0 radical (unpaired) electrons. The van der Waals surface area contributed by atoms with Crippen molar-refractivity contribution in [2.75, 3.05) is 18.1 Å². The molecule has 0 fully saturated rings. The molecule has 44 heavy (non-hydrogen) atoms. The number of carbonyl (C=O) groups is 3. The number of hydrogen-bond donors (Lipinski definition) is 1. The second kappa shape index (κ2) is 23.4. The molecule has 0 aliphatic carbocycles. The maximum absolute atomic E-state index is 12.5. The molecule has 1 amide bonds. The Morgan fingerprint density at radius 1 is 0.795 bits per heavy atom. The normalized spacial score (nSPS) is 17.0. The van der Waals surface area contributed by atoms with Gasteiger partial charge in [-0.3, -0.25) is 14.4 Å². The first kappa shape index (κ1) is 37.2. The fraction of sp³-hybridized carbons (Fsp3) is 0.432. The van der Waals surface area contributed by atoms with Gasteiger partial charge in [-0.1, -0.05) is 120 Å². The molecule has 7 heteroatoms.